The summed E-state index contributed by atoms with van der Waals surface area (Å²) < 4.78 is 7.75. The number of nitrogen functional groups attached to an aromatic ring is 2. The molecule has 6 N–H and O–H groups in total. The zero-order valence-electron chi connectivity index (χ0n) is 12.7. The first kappa shape index (κ1) is 15.7. The number of fused-ring (bicyclic) bond motifs is 1. The van der Waals surface area contributed by atoms with Crippen LogP contribution in [0.3, 0.4) is 0 Å². The molecule has 3 heterocycles. The predicted molar refractivity (Wildman–Crippen MR) is 83.6 cm³/mol. The number of aromatic nitrogens is 4. The second kappa shape index (κ2) is 5.79. The molecule has 0 radical (unpaired) electrons. The number of aliphatic hydroxyl groups is 1. The number of rotatable bonds is 4. The molecular formula is C13H15N7O4. The van der Waals surface area contributed by atoms with Crippen molar-refractivity contribution in [3.63, 3.8) is 0 Å². The molecule has 0 fully saturated rings. The predicted octanol–water partition coefficient (Wildman–Crippen LogP) is -1.43. The molecule has 0 aliphatic heterocycles. The molecule has 126 valence electrons. The van der Waals surface area contributed by atoms with Crippen molar-refractivity contribution in [1.82, 2.24) is 24.5 Å². The van der Waals surface area contributed by atoms with Gasteiger partial charge in [-0.15, -0.1) is 0 Å². The first-order valence-electron chi connectivity index (χ1n) is 6.92. The number of aliphatic hydroxyl groups excluding tert-OH is 1. The molecule has 0 saturated heterocycles. The van der Waals surface area contributed by atoms with E-state index in [1.807, 2.05) is 5.43 Å². The Kier molecular flexibility index (Phi) is 3.79. The molecule has 3 rings (SSSR count). The molecule has 1 amide bonds. The number of anilines is 1. The number of hydrogen-bond acceptors (Lipinski definition) is 8. The van der Waals surface area contributed by atoms with E-state index in [1.54, 1.807) is 0 Å². The molecule has 0 aliphatic rings. The monoisotopic (exact) mass is 333 g/mol. The van der Waals surface area contributed by atoms with E-state index in [0.29, 0.717) is 11.1 Å². The number of amides is 1. The van der Waals surface area contributed by atoms with Crippen molar-refractivity contribution < 1.29 is 14.3 Å². The van der Waals surface area contributed by atoms with Crippen LogP contribution in [0.2, 0.25) is 0 Å². The van der Waals surface area contributed by atoms with Crippen LogP contribution in [-0.4, -0.2) is 36.7 Å². The molecule has 0 bridgehead atoms. The minimum atomic E-state index is -0.653. The number of imidazole rings is 1. The lowest BCUT2D eigenvalue weighted by Crippen LogP contribution is -2.30. The number of nitrogens with two attached hydrogens (primary N) is 2. The van der Waals surface area contributed by atoms with Gasteiger partial charge in [-0.05, 0) is 6.07 Å². The van der Waals surface area contributed by atoms with Gasteiger partial charge in [0.05, 0.1) is 25.0 Å². The van der Waals surface area contributed by atoms with Crippen LogP contribution in [0, 0.1) is 0 Å². The van der Waals surface area contributed by atoms with E-state index >= 15 is 0 Å². The Hall–Kier alpha value is -3.18. The zero-order valence-corrected chi connectivity index (χ0v) is 12.7. The first-order chi connectivity index (χ1) is 11.5. The summed E-state index contributed by atoms with van der Waals surface area (Å²) in [6.07, 6.45) is 1.30. The highest BCUT2D eigenvalue weighted by Crippen LogP contribution is 2.29. The molecule has 3 aromatic heterocycles. The summed E-state index contributed by atoms with van der Waals surface area (Å²) in [5.41, 5.74) is 8.50. The number of nitrogens with zero attached hydrogens (tertiary/aromatic N) is 4. The number of nitrogens with one attached hydrogen (secondary N) is 1. The van der Waals surface area contributed by atoms with Gasteiger partial charge in [0.15, 0.2) is 5.65 Å². The highest BCUT2D eigenvalue weighted by atomic mass is 16.3. The molecule has 0 unspecified atom stereocenters. The largest absolute Gasteiger partial charge is 0.458 e. The second-order valence-electron chi connectivity index (χ2n) is 4.96. The molecule has 0 atom stereocenters. The molecular weight excluding hydrogens is 318 g/mol. The van der Waals surface area contributed by atoms with Crippen LogP contribution in [0.15, 0.2) is 21.5 Å². The fourth-order valence-corrected chi connectivity index (χ4v) is 2.55. The number of carbonyl (C=O) groups excluding carboxylic acids is 1. The first-order valence-corrected chi connectivity index (χ1v) is 6.92. The van der Waals surface area contributed by atoms with Crippen molar-refractivity contribution in [1.29, 1.82) is 0 Å². The Morgan fingerprint density at radius 1 is 1.46 bits per heavy atom. The lowest BCUT2D eigenvalue weighted by Gasteiger charge is -2.06. The Bertz CT molecular complexity index is 984. The molecule has 0 saturated carbocycles. The number of aryl methyl sites for hydroxylation is 1. The summed E-state index contributed by atoms with van der Waals surface area (Å²) in [6.45, 7) is -0.196. The average molecular weight is 333 g/mol. The van der Waals surface area contributed by atoms with Crippen LogP contribution in [0.1, 0.15) is 10.6 Å². The lowest BCUT2D eigenvalue weighted by atomic mass is 10.1. The molecule has 11 nitrogen and oxygen atoms in total. The number of hydrazine groups is 1. The molecule has 3 aromatic rings. The van der Waals surface area contributed by atoms with Gasteiger partial charge >= 0.3 is 11.6 Å². The average Bonchev–Trinajstić information content (AvgIpc) is 3.13. The van der Waals surface area contributed by atoms with Crippen LogP contribution in [-0.2, 0) is 13.6 Å². The van der Waals surface area contributed by atoms with Crippen LogP contribution in [0.5, 0.6) is 0 Å². The quantitative estimate of drug-likeness (QED) is 0.256. The molecule has 11 heteroatoms. The maximum absolute atomic E-state index is 12.4. The van der Waals surface area contributed by atoms with Gasteiger partial charge in [-0.2, -0.15) is 4.98 Å². The number of carbonyl (C=O) groups is 1. The Morgan fingerprint density at radius 2 is 2.21 bits per heavy atom. The third kappa shape index (κ3) is 2.23. The molecule has 0 spiro atoms. The zero-order chi connectivity index (χ0) is 17.4. The molecule has 0 aromatic carbocycles. The van der Waals surface area contributed by atoms with Gasteiger partial charge in [0.1, 0.15) is 11.2 Å². The summed E-state index contributed by atoms with van der Waals surface area (Å²) in [4.78, 5) is 32.4. The van der Waals surface area contributed by atoms with E-state index in [0.717, 1.165) is 0 Å². The van der Waals surface area contributed by atoms with E-state index in [-0.39, 0.29) is 36.2 Å². The fraction of sp³-hybridized carbons (Fsp3) is 0.231. The van der Waals surface area contributed by atoms with Crippen molar-refractivity contribution in [2.45, 2.75) is 6.54 Å². The van der Waals surface area contributed by atoms with Crippen LogP contribution >= 0.6 is 0 Å². The fourth-order valence-electron chi connectivity index (χ4n) is 2.55. The minimum Gasteiger partial charge on any atom is -0.458 e. The standard InChI is InChI=1S/C13H15N7O4/c1-19-8-7(6-2-5-24-9(6)11(22)18-15)16-12(14)17-10(8)20(3-4-21)13(19)23/h2,5,21H,3-4,15H2,1H3,(H,18,22)(H2,14,16,17). The summed E-state index contributed by atoms with van der Waals surface area (Å²) in [5, 5.41) is 9.16. The van der Waals surface area contributed by atoms with Gasteiger partial charge in [-0.25, -0.2) is 15.6 Å². The van der Waals surface area contributed by atoms with Gasteiger partial charge in [0, 0.05) is 7.05 Å². The summed E-state index contributed by atoms with van der Waals surface area (Å²) in [5.74, 6) is 4.34. The maximum atomic E-state index is 12.4. The summed E-state index contributed by atoms with van der Waals surface area (Å²) >= 11 is 0. The van der Waals surface area contributed by atoms with Crippen LogP contribution in [0.25, 0.3) is 22.4 Å². The van der Waals surface area contributed by atoms with Gasteiger partial charge in [-0.1, -0.05) is 0 Å². The smallest absolute Gasteiger partial charge is 0.330 e. The van der Waals surface area contributed by atoms with E-state index in [4.69, 9.17) is 21.1 Å². The van der Waals surface area contributed by atoms with Crippen molar-refractivity contribution in [3.8, 4) is 11.3 Å². The Labute approximate surface area is 134 Å². The van der Waals surface area contributed by atoms with Crippen molar-refractivity contribution in [2.24, 2.45) is 12.9 Å². The second-order valence-corrected chi connectivity index (χ2v) is 4.96. The van der Waals surface area contributed by atoms with Crippen molar-refractivity contribution >= 4 is 23.0 Å². The molecule has 24 heavy (non-hydrogen) atoms. The van der Waals surface area contributed by atoms with Crippen LogP contribution < -0.4 is 22.7 Å². The van der Waals surface area contributed by atoms with E-state index < -0.39 is 11.6 Å². The SMILES string of the molecule is Cn1c(=O)n(CCO)c2nc(N)nc(-c3ccoc3C(=O)NN)c21. The van der Waals surface area contributed by atoms with Gasteiger partial charge in [0.2, 0.25) is 11.7 Å². The molecule has 0 aliphatic carbocycles. The van der Waals surface area contributed by atoms with Gasteiger partial charge in [-0.3, -0.25) is 19.4 Å². The maximum Gasteiger partial charge on any atom is 0.330 e. The number of furan rings is 1. The van der Waals surface area contributed by atoms with Crippen LogP contribution in [0.4, 0.5) is 5.95 Å². The Morgan fingerprint density at radius 3 is 2.88 bits per heavy atom. The summed E-state index contributed by atoms with van der Waals surface area (Å²) in [7, 11) is 1.53. The van der Waals surface area contributed by atoms with Crippen molar-refractivity contribution in [3.05, 3.63) is 28.6 Å². The number of hydrogen-bond donors (Lipinski definition) is 4. The van der Waals surface area contributed by atoms with E-state index in [9.17, 15) is 9.59 Å². The van der Waals surface area contributed by atoms with E-state index in [1.165, 1.54) is 28.5 Å². The lowest BCUT2D eigenvalue weighted by molar-refractivity contribution is 0.0927. The third-order valence-electron chi connectivity index (χ3n) is 3.57. The van der Waals surface area contributed by atoms with E-state index in [2.05, 4.69) is 9.97 Å². The highest BCUT2D eigenvalue weighted by Gasteiger charge is 2.24. The normalized spacial score (nSPS) is 11.1. The minimum absolute atomic E-state index is 0.0492. The van der Waals surface area contributed by atoms with Gasteiger partial charge < -0.3 is 15.3 Å². The summed E-state index contributed by atoms with van der Waals surface area (Å²) in [6, 6.07) is 1.51. The highest BCUT2D eigenvalue weighted by molar-refractivity contribution is 6.01. The third-order valence-corrected chi connectivity index (χ3v) is 3.57. The Balaban J connectivity index is 2.38. The van der Waals surface area contributed by atoms with Gasteiger partial charge in [0.25, 0.3) is 0 Å². The topological polar surface area (TPSA) is 167 Å². The van der Waals surface area contributed by atoms with Crippen molar-refractivity contribution in [2.75, 3.05) is 12.3 Å².